The third kappa shape index (κ3) is 3.48. The lowest BCUT2D eigenvalue weighted by atomic mass is 10.1. The number of hydrogen-bond donors (Lipinski definition) is 2. The lowest BCUT2D eigenvalue weighted by molar-refractivity contribution is 0.249. The minimum absolute atomic E-state index is 0.291. The molecule has 0 amide bonds. The van der Waals surface area contributed by atoms with Crippen molar-refractivity contribution in [3.05, 3.63) is 29.6 Å². The topological polar surface area (TPSA) is 62.4 Å². The highest BCUT2D eigenvalue weighted by atomic mass is 32.1. The molecule has 1 aromatic heterocycles. The smallest absolute Gasteiger partial charge is 0.122 e. The molecule has 2 rings (SSSR count). The first-order valence-corrected chi connectivity index (χ1v) is 6.68. The van der Waals surface area contributed by atoms with Gasteiger partial charge in [0.1, 0.15) is 4.99 Å². The predicted octanol–water partition coefficient (Wildman–Crippen LogP) is 0.920. The van der Waals surface area contributed by atoms with Crippen LogP contribution in [0.1, 0.15) is 24.1 Å². The molecule has 1 unspecified atom stereocenters. The summed E-state index contributed by atoms with van der Waals surface area (Å²) in [4.78, 5) is 6.89. The van der Waals surface area contributed by atoms with Gasteiger partial charge in [-0.1, -0.05) is 12.2 Å². The summed E-state index contributed by atoms with van der Waals surface area (Å²) in [6.45, 7) is 3.35. The van der Waals surface area contributed by atoms with Crippen LogP contribution in [0.5, 0.6) is 0 Å². The summed E-state index contributed by atoms with van der Waals surface area (Å²) in [5.74, 6) is 0.631. The number of thiocarbonyl (C=S) groups is 1. The Bertz CT molecular complexity index is 424. The summed E-state index contributed by atoms with van der Waals surface area (Å²) in [6, 6.07) is 3.96. The standard InChI is InChI=1S/C13H19N3OS/c14-13(18)12-7-11(1-4-15-12)9-16-5-2-10(8-16)3-6-17/h1,4,7,10,17H,2-3,5-6,8-9H2,(H2,14,18). The van der Waals surface area contributed by atoms with Crippen molar-refractivity contribution in [3.8, 4) is 0 Å². The van der Waals surface area contributed by atoms with E-state index in [0.29, 0.717) is 23.2 Å². The lowest BCUT2D eigenvalue weighted by Crippen LogP contribution is -2.21. The number of nitrogens with two attached hydrogens (primary N) is 1. The van der Waals surface area contributed by atoms with E-state index in [4.69, 9.17) is 23.1 Å². The molecule has 0 aromatic carbocycles. The van der Waals surface area contributed by atoms with Gasteiger partial charge in [-0.15, -0.1) is 0 Å². The summed E-state index contributed by atoms with van der Waals surface area (Å²) in [6.07, 6.45) is 3.84. The molecule has 1 saturated heterocycles. The molecule has 1 aromatic rings. The van der Waals surface area contributed by atoms with E-state index in [1.54, 1.807) is 6.20 Å². The number of pyridine rings is 1. The van der Waals surface area contributed by atoms with Gasteiger partial charge in [0.25, 0.3) is 0 Å². The maximum Gasteiger partial charge on any atom is 0.122 e. The molecule has 18 heavy (non-hydrogen) atoms. The number of aromatic nitrogens is 1. The van der Waals surface area contributed by atoms with E-state index in [-0.39, 0.29) is 0 Å². The Kier molecular flexibility index (Phi) is 4.63. The van der Waals surface area contributed by atoms with Crippen molar-refractivity contribution in [2.45, 2.75) is 19.4 Å². The zero-order valence-corrected chi connectivity index (χ0v) is 11.2. The third-order valence-corrected chi connectivity index (χ3v) is 3.60. The molecule has 0 aliphatic carbocycles. The molecule has 0 spiro atoms. The lowest BCUT2D eigenvalue weighted by Gasteiger charge is -2.16. The largest absolute Gasteiger partial charge is 0.396 e. The Labute approximate surface area is 113 Å². The van der Waals surface area contributed by atoms with Gasteiger partial charge in [0, 0.05) is 25.9 Å². The second-order valence-corrected chi connectivity index (χ2v) is 5.26. The van der Waals surface area contributed by atoms with E-state index in [2.05, 4.69) is 9.88 Å². The highest BCUT2D eigenvalue weighted by Crippen LogP contribution is 2.21. The van der Waals surface area contributed by atoms with Crippen molar-refractivity contribution in [2.75, 3.05) is 19.7 Å². The van der Waals surface area contributed by atoms with Gasteiger partial charge in [-0.25, -0.2) is 0 Å². The molecule has 5 heteroatoms. The molecule has 2 heterocycles. The van der Waals surface area contributed by atoms with E-state index < -0.39 is 0 Å². The van der Waals surface area contributed by atoms with E-state index in [0.717, 1.165) is 26.1 Å². The molecule has 3 N–H and O–H groups in total. The minimum atomic E-state index is 0.291. The Balaban J connectivity index is 1.94. The van der Waals surface area contributed by atoms with Gasteiger partial charge in [0.05, 0.1) is 5.69 Å². The molecular formula is C13H19N3OS. The van der Waals surface area contributed by atoms with Crippen LogP contribution in [0.25, 0.3) is 0 Å². The second-order valence-electron chi connectivity index (χ2n) is 4.82. The normalized spacial score (nSPS) is 20.2. The van der Waals surface area contributed by atoms with Crippen LogP contribution in [0, 0.1) is 5.92 Å². The Morgan fingerprint density at radius 3 is 3.17 bits per heavy atom. The number of nitrogens with zero attached hydrogens (tertiary/aromatic N) is 2. The molecule has 0 radical (unpaired) electrons. The Hall–Kier alpha value is -1.04. The molecule has 1 aliphatic heterocycles. The van der Waals surface area contributed by atoms with Crippen LogP contribution in [-0.4, -0.2) is 39.7 Å². The van der Waals surface area contributed by atoms with Crippen molar-refractivity contribution < 1.29 is 5.11 Å². The van der Waals surface area contributed by atoms with Crippen LogP contribution in [0.2, 0.25) is 0 Å². The number of likely N-dealkylation sites (tertiary alicyclic amines) is 1. The molecular weight excluding hydrogens is 246 g/mol. The maximum absolute atomic E-state index is 8.95. The van der Waals surface area contributed by atoms with E-state index in [9.17, 15) is 0 Å². The molecule has 1 aliphatic rings. The fourth-order valence-electron chi connectivity index (χ4n) is 2.44. The summed E-state index contributed by atoms with van der Waals surface area (Å²) >= 11 is 4.93. The van der Waals surface area contributed by atoms with Gasteiger partial charge in [0.2, 0.25) is 0 Å². The van der Waals surface area contributed by atoms with Crippen LogP contribution < -0.4 is 5.73 Å². The first-order valence-electron chi connectivity index (χ1n) is 6.27. The van der Waals surface area contributed by atoms with Crippen molar-refractivity contribution in [2.24, 2.45) is 11.7 Å². The van der Waals surface area contributed by atoms with Gasteiger partial charge in [-0.3, -0.25) is 9.88 Å². The van der Waals surface area contributed by atoms with E-state index in [1.165, 1.54) is 12.0 Å². The second kappa shape index (κ2) is 6.22. The monoisotopic (exact) mass is 265 g/mol. The number of aliphatic hydroxyl groups is 1. The highest BCUT2D eigenvalue weighted by Gasteiger charge is 2.21. The average Bonchev–Trinajstić information content (AvgIpc) is 2.77. The Morgan fingerprint density at radius 1 is 1.61 bits per heavy atom. The number of aliphatic hydroxyl groups excluding tert-OH is 1. The molecule has 98 valence electrons. The van der Waals surface area contributed by atoms with Crippen molar-refractivity contribution in [1.82, 2.24) is 9.88 Å². The number of hydrogen-bond acceptors (Lipinski definition) is 4. The first kappa shape index (κ1) is 13.4. The quantitative estimate of drug-likeness (QED) is 0.775. The summed E-state index contributed by atoms with van der Waals surface area (Å²) < 4.78 is 0. The van der Waals surface area contributed by atoms with Gasteiger partial charge in [0.15, 0.2) is 0 Å². The zero-order chi connectivity index (χ0) is 13.0. The van der Waals surface area contributed by atoms with Gasteiger partial charge >= 0.3 is 0 Å². The SMILES string of the molecule is NC(=S)c1cc(CN2CCC(CCO)C2)ccn1. The summed E-state index contributed by atoms with van der Waals surface area (Å²) in [7, 11) is 0. The van der Waals surface area contributed by atoms with Crippen LogP contribution in [-0.2, 0) is 6.54 Å². The maximum atomic E-state index is 8.95. The predicted molar refractivity (Wildman–Crippen MR) is 75.2 cm³/mol. The third-order valence-electron chi connectivity index (χ3n) is 3.39. The highest BCUT2D eigenvalue weighted by molar-refractivity contribution is 7.80. The molecule has 1 atom stereocenters. The van der Waals surface area contributed by atoms with Gasteiger partial charge in [-0.2, -0.15) is 0 Å². The van der Waals surface area contributed by atoms with E-state index in [1.807, 2.05) is 12.1 Å². The van der Waals surface area contributed by atoms with Crippen molar-refractivity contribution in [3.63, 3.8) is 0 Å². The fraction of sp³-hybridized carbons (Fsp3) is 0.538. The Morgan fingerprint density at radius 2 is 2.44 bits per heavy atom. The zero-order valence-electron chi connectivity index (χ0n) is 10.4. The molecule has 1 fully saturated rings. The van der Waals surface area contributed by atoms with Crippen LogP contribution in [0.4, 0.5) is 0 Å². The van der Waals surface area contributed by atoms with Crippen LogP contribution >= 0.6 is 12.2 Å². The molecule has 4 nitrogen and oxygen atoms in total. The number of rotatable bonds is 5. The first-order chi connectivity index (χ1) is 8.69. The van der Waals surface area contributed by atoms with Crippen LogP contribution in [0.3, 0.4) is 0 Å². The van der Waals surface area contributed by atoms with Crippen LogP contribution in [0.15, 0.2) is 18.3 Å². The van der Waals surface area contributed by atoms with E-state index >= 15 is 0 Å². The molecule has 0 saturated carbocycles. The summed E-state index contributed by atoms with van der Waals surface area (Å²) in [5, 5.41) is 8.95. The minimum Gasteiger partial charge on any atom is -0.396 e. The van der Waals surface area contributed by atoms with Gasteiger partial charge in [-0.05, 0) is 43.0 Å². The summed E-state index contributed by atoms with van der Waals surface area (Å²) in [5.41, 5.74) is 7.46. The fourth-order valence-corrected chi connectivity index (χ4v) is 2.55. The molecule has 0 bridgehead atoms. The van der Waals surface area contributed by atoms with Gasteiger partial charge < -0.3 is 10.8 Å². The van der Waals surface area contributed by atoms with Crippen molar-refractivity contribution >= 4 is 17.2 Å². The average molecular weight is 265 g/mol. The van der Waals surface area contributed by atoms with Crippen molar-refractivity contribution in [1.29, 1.82) is 0 Å².